The Bertz CT molecular complexity index is 866. The molecule has 1 amide bonds. The van der Waals surface area contributed by atoms with E-state index in [0.717, 1.165) is 36.6 Å². The predicted molar refractivity (Wildman–Crippen MR) is 110 cm³/mol. The van der Waals surface area contributed by atoms with Gasteiger partial charge in [-0.05, 0) is 43.2 Å². The summed E-state index contributed by atoms with van der Waals surface area (Å²) < 4.78 is 0. The monoisotopic (exact) mass is 383 g/mol. The summed E-state index contributed by atoms with van der Waals surface area (Å²) in [5.74, 6) is 0.786. The highest BCUT2D eigenvalue weighted by molar-refractivity contribution is 6.30. The lowest BCUT2D eigenvalue weighted by Crippen LogP contribution is -2.24. The molecule has 4 N–H and O–H groups in total. The van der Waals surface area contributed by atoms with E-state index in [4.69, 9.17) is 11.6 Å². The van der Waals surface area contributed by atoms with Crippen LogP contribution in [0.15, 0.2) is 60.8 Å². The minimum atomic E-state index is -0.0369. The predicted octanol–water partition coefficient (Wildman–Crippen LogP) is 4.43. The summed E-state index contributed by atoms with van der Waals surface area (Å²) >= 11 is 6.01. The number of halogens is 1. The van der Waals surface area contributed by atoms with Gasteiger partial charge in [-0.25, -0.2) is 0 Å². The maximum absolute atomic E-state index is 11.9. The first-order chi connectivity index (χ1) is 13.2. The van der Waals surface area contributed by atoms with E-state index in [2.05, 4.69) is 26.1 Å². The molecule has 0 atom stereocenters. The maximum Gasteiger partial charge on any atom is 0.251 e. The van der Waals surface area contributed by atoms with Crippen LogP contribution in [0.5, 0.6) is 0 Å². The Morgan fingerprint density at radius 2 is 1.85 bits per heavy atom. The molecule has 1 aromatic heterocycles. The first-order valence-electron chi connectivity index (χ1n) is 8.85. The zero-order valence-corrected chi connectivity index (χ0v) is 15.6. The molecule has 3 rings (SSSR count). The molecule has 0 spiro atoms. The Morgan fingerprint density at radius 3 is 2.67 bits per heavy atom. The first kappa shape index (κ1) is 18.8. The lowest BCUT2D eigenvalue weighted by atomic mass is 10.2. The lowest BCUT2D eigenvalue weighted by molar-refractivity contribution is 0.0953. The number of hydrogen-bond acceptors (Lipinski definition) is 4. The molecule has 0 unspecified atom stereocenters. The molecular weight excluding hydrogens is 362 g/mol. The molecule has 0 bridgehead atoms. The van der Waals surface area contributed by atoms with Gasteiger partial charge in [0.1, 0.15) is 11.5 Å². The van der Waals surface area contributed by atoms with Gasteiger partial charge in [0.05, 0.1) is 6.20 Å². The molecule has 140 valence electrons. The van der Waals surface area contributed by atoms with Crippen LogP contribution in [0.2, 0.25) is 5.02 Å². The summed E-state index contributed by atoms with van der Waals surface area (Å²) in [4.78, 5) is 11.9. The molecular formula is C20H22ClN5O. The Hall–Kier alpha value is -2.99. The van der Waals surface area contributed by atoms with Crippen molar-refractivity contribution in [2.75, 3.05) is 23.7 Å². The van der Waals surface area contributed by atoms with Gasteiger partial charge in [0.25, 0.3) is 5.91 Å². The molecule has 0 fully saturated rings. The van der Waals surface area contributed by atoms with E-state index in [1.54, 1.807) is 6.20 Å². The normalized spacial score (nSPS) is 10.4. The van der Waals surface area contributed by atoms with Crippen LogP contribution < -0.4 is 16.0 Å². The van der Waals surface area contributed by atoms with Gasteiger partial charge in [0.2, 0.25) is 0 Å². The minimum Gasteiger partial charge on any atom is -0.369 e. The molecule has 0 aliphatic carbocycles. The Morgan fingerprint density at radius 1 is 1.04 bits per heavy atom. The molecule has 0 saturated carbocycles. The number of benzene rings is 2. The Balaban J connectivity index is 1.37. The van der Waals surface area contributed by atoms with Gasteiger partial charge in [-0.1, -0.05) is 35.9 Å². The van der Waals surface area contributed by atoms with Crippen molar-refractivity contribution in [3.05, 3.63) is 71.4 Å². The third kappa shape index (κ3) is 5.76. The summed E-state index contributed by atoms with van der Waals surface area (Å²) in [6, 6.07) is 16.8. The smallest absolute Gasteiger partial charge is 0.251 e. The Kier molecular flexibility index (Phi) is 6.71. The lowest BCUT2D eigenvalue weighted by Gasteiger charge is -2.09. The number of carbonyl (C=O) groups excluding carboxylic acids is 1. The fourth-order valence-corrected chi connectivity index (χ4v) is 2.78. The van der Waals surface area contributed by atoms with Crippen molar-refractivity contribution in [3.8, 4) is 0 Å². The highest BCUT2D eigenvalue weighted by atomic mass is 35.5. The molecule has 2 aromatic carbocycles. The van der Waals surface area contributed by atoms with Crippen LogP contribution in [-0.4, -0.2) is 29.2 Å². The molecule has 0 radical (unpaired) electrons. The Labute approximate surface area is 163 Å². The zero-order chi connectivity index (χ0) is 18.9. The molecule has 0 saturated heterocycles. The van der Waals surface area contributed by atoms with Crippen molar-refractivity contribution in [1.29, 1.82) is 0 Å². The van der Waals surface area contributed by atoms with Crippen LogP contribution in [0.4, 0.5) is 17.2 Å². The summed E-state index contributed by atoms with van der Waals surface area (Å²) in [5.41, 5.74) is 2.44. The second kappa shape index (κ2) is 9.64. The molecule has 0 aliphatic rings. The topological polar surface area (TPSA) is 81.8 Å². The van der Waals surface area contributed by atoms with E-state index in [1.807, 2.05) is 54.6 Å². The van der Waals surface area contributed by atoms with Crippen molar-refractivity contribution in [2.24, 2.45) is 0 Å². The van der Waals surface area contributed by atoms with Crippen molar-refractivity contribution in [2.45, 2.75) is 12.8 Å². The fourth-order valence-electron chi connectivity index (χ4n) is 2.59. The molecule has 3 aromatic rings. The standard InChI is InChI=1S/C20H22ClN5O/c21-16-9-6-10-17(13-16)25-18-14-24-26-19(18)22-11-4-5-12-23-20(27)15-7-2-1-3-8-15/h1-3,6-10,13-14,25H,4-5,11-12H2,(H,23,27)(H2,22,24,26). The van der Waals surface area contributed by atoms with Gasteiger partial charge < -0.3 is 16.0 Å². The minimum absolute atomic E-state index is 0.0369. The number of amides is 1. The van der Waals surface area contributed by atoms with Crippen molar-refractivity contribution in [1.82, 2.24) is 15.5 Å². The quantitative estimate of drug-likeness (QED) is 0.412. The van der Waals surface area contributed by atoms with Gasteiger partial charge >= 0.3 is 0 Å². The first-order valence-corrected chi connectivity index (χ1v) is 9.23. The van der Waals surface area contributed by atoms with Crippen LogP contribution in [-0.2, 0) is 0 Å². The second-order valence-electron chi connectivity index (χ2n) is 6.05. The molecule has 1 heterocycles. The number of rotatable bonds is 9. The number of nitrogens with one attached hydrogen (secondary N) is 4. The average Bonchev–Trinajstić information content (AvgIpc) is 3.12. The van der Waals surface area contributed by atoms with E-state index < -0.39 is 0 Å². The van der Waals surface area contributed by atoms with Crippen LogP contribution in [0.25, 0.3) is 0 Å². The summed E-state index contributed by atoms with van der Waals surface area (Å²) in [7, 11) is 0. The van der Waals surface area contributed by atoms with E-state index in [-0.39, 0.29) is 5.91 Å². The van der Waals surface area contributed by atoms with Crippen molar-refractivity contribution in [3.63, 3.8) is 0 Å². The number of H-pyrrole nitrogens is 1. The third-order valence-electron chi connectivity index (χ3n) is 3.97. The molecule has 7 heteroatoms. The number of hydrogen-bond donors (Lipinski definition) is 4. The van der Waals surface area contributed by atoms with Gasteiger partial charge in [-0.3, -0.25) is 9.89 Å². The second-order valence-corrected chi connectivity index (χ2v) is 6.49. The third-order valence-corrected chi connectivity index (χ3v) is 4.20. The van der Waals surface area contributed by atoms with Crippen molar-refractivity contribution < 1.29 is 4.79 Å². The van der Waals surface area contributed by atoms with Gasteiger partial charge in [-0.15, -0.1) is 0 Å². The van der Waals surface area contributed by atoms with Crippen LogP contribution in [0.3, 0.4) is 0 Å². The maximum atomic E-state index is 11.9. The molecule has 0 aliphatic heterocycles. The highest BCUT2D eigenvalue weighted by Crippen LogP contribution is 2.24. The molecule has 6 nitrogen and oxygen atoms in total. The largest absolute Gasteiger partial charge is 0.369 e. The van der Waals surface area contributed by atoms with E-state index >= 15 is 0 Å². The van der Waals surface area contributed by atoms with Crippen LogP contribution in [0.1, 0.15) is 23.2 Å². The number of unbranched alkanes of at least 4 members (excludes halogenated alkanes) is 1. The summed E-state index contributed by atoms with van der Waals surface area (Å²) in [6.07, 6.45) is 3.53. The van der Waals surface area contributed by atoms with Gasteiger partial charge in [-0.2, -0.15) is 5.10 Å². The molecule has 27 heavy (non-hydrogen) atoms. The SMILES string of the molecule is O=C(NCCCCNc1[nH]ncc1Nc1cccc(Cl)c1)c1ccccc1. The van der Waals surface area contributed by atoms with Crippen molar-refractivity contribution >= 4 is 34.7 Å². The number of aromatic amines is 1. The average molecular weight is 384 g/mol. The van der Waals surface area contributed by atoms with Crippen LogP contribution in [0, 0.1) is 0 Å². The summed E-state index contributed by atoms with van der Waals surface area (Å²) in [6.45, 7) is 1.42. The van der Waals surface area contributed by atoms with Crippen LogP contribution >= 0.6 is 11.6 Å². The summed E-state index contributed by atoms with van der Waals surface area (Å²) in [5, 5.41) is 17.2. The van der Waals surface area contributed by atoms with E-state index in [9.17, 15) is 4.79 Å². The van der Waals surface area contributed by atoms with E-state index in [0.29, 0.717) is 17.1 Å². The van der Waals surface area contributed by atoms with Gasteiger partial charge in [0, 0.05) is 29.4 Å². The van der Waals surface area contributed by atoms with E-state index in [1.165, 1.54) is 0 Å². The fraction of sp³-hybridized carbons (Fsp3) is 0.200. The van der Waals surface area contributed by atoms with Gasteiger partial charge in [0.15, 0.2) is 0 Å². The number of carbonyl (C=O) groups is 1. The number of aromatic nitrogens is 2. The number of nitrogens with zero attached hydrogens (tertiary/aromatic N) is 1. The highest BCUT2D eigenvalue weighted by Gasteiger charge is 2.06. The number of anilines is 3. The zero-order valence-electron chi connectivity index (χ0n) is 14.8.